The molecule has 0 aliphatic heterocycles. The zero-order valence-corrected chi connectivity index (χ0v) is 4.05. The summed E-state index contributed by atoms with van der Waals surface area (Å²) in [7, 11) is 1.82. The molecule has 0 fully saturated rings. The van der Waals surface area contributed by atoms with Gasteiger partial charge in [-0.05, 0) is 0 Å². The third-order valence-corrected chi connectivity index (χ3v) is 0.482. The largest absolute Gasteiger partial charge is 0.870 e. The summed E-state index contributed by atoms with van der Waals surface area (Å²) in [6, 6.07) is 0. The van der Waals surface area contributed by atoms with Crippen molar-refractivity contribution in [3.8, 4) is 0 Å². The van der Waals surface area contributed by atoms with Crippen LogP contribution >= 0.6 is 0 Å². The van der Waals surface area contributed by atoms with Crippen molar-refractivity contribution in [2.24, 2.45) is 0 Å². The van der Waals surface area contributed by atoms with Crippen LogP contribution in [0.15, 0.2) is 0 Å². The highest BCUT2D eigenvalue weighted by Gasteiger charge is 1.83. The fraction of sp³-hybridized carbons (Fsp3) is 1.00. The Hall–Kier alpha value is -0.120. The van der Waals surface area contributed by atoms with Crippen LogP contribution in [0, 0.1) is 0 Å². The van der Waals surface area contributed by atoms with Gasteiger partial charge in [0.05, 0.1) is 7.05 Å². The lowest BCUT2D eigenvalue weighted by molar-refractivity contribution is -0.696. The number of hydrogen-bond acceptors (Lipinski definition) is 2. The third-order valence-electron chi connectivity index (χ3n) is 0.482. The Morgan fingerprint density at radius 2 is 1.83 bits per heavy atom. The minimum atomic E-state index is -0.241. The van der Waals surface area contributed by atoms with Crippen molar-refractivity contribution in [1.82, 2.24) is 0 Å². The van der Waals surface area contributed by atoms with Gasteiger partial charge in [0.15, 0.2) is 6.23 Å². The molecule has 0 saturated heterocycles. The minimum absolute atomic E-state index is 0. The Labute approximate surface area is 37.3 Å². The molecule has 0 spiro atoms. The topological polar surface area (TPSA) is 66.8 Å². The van der Waals surface area contributed by atoms with Gasteiger partial charge >= 0.3 is 0 Å². The summed E-state index contributed by atoms with van der Waals surface area (Å²) in [5, 5.41) is 10.0. The summed E-state index contributed by atoms with van der Waals surface area (Å²) in [4.78, 5) is 0. The van der Waals surface area contributed by atoms with E-state index in [0.29, 0.717) is 0 Å². The van der Waals surface area contributed by atoms with E-state index in [4.69, 9.17) is 5.11 Å². The van der Waals surface area contributed by atoms with Crippen LogP contribution in [0.3, 0.4) is 0 Å². The summed E-state index contributed by atoms with van der Waals surface area (Å²) < 4.78 is 0. The highest BCUT2D eigenvalue weighted by molar-refractivity contribution is 4.02. The van der Waals surface area contributed by atoms with E-state index >= 15 is 0 Å². The molecule has 0 aliphatic rings. The summed E-state index contributed by atoms with van der Waals surface area (Å²) in [5.74, 6) is 0. The van der Waals surface area contributed by atoms with E-state index in [9.17, 15) is 0 Å². The van der Waals surface area contributed by atoms with Crippen molar-refractivity contribution in [2.45, 2.75) is 13.2 Å². The van der Waals surface area contributed by atoms with Crippen LogP contribution in [0.2, 0.25) is 0 Å². The van der Waals surface area contributed by atoms with Gasteiger partial charge in [0.1, 0.15) is 0 Å². The molecule has 0 bridgehead atoms. The zero-order valence-electron chi connectivity index (χ0n) is 4.05. The standard InChI is InChI=1S/C3H9NO.H2O/c1-3(5)4-2;/h3-5H,1-2H3;1H2. The lowest BCUT2D eigenvalue weighted by Gasteiger charge is -1.91. The second kappa shape index (κ2) is 4.88. The van der Waals surface area contributed by atoms with Crippen molar-refractivity contribution >= 4 is 0 Å². The van der Waals surface area contributed by atoms with Crippen molar-refractivity contribution in [1.29, 1.82) is 0 Å². The van der Waals surface area contributed by atoms with Gasteiger partial charge in [-0.3, -0.25) is 0 Å². The Kier molecular flexibility index (Phi) is 7.57. The molecule has 0 rings (SSSR count). The van der Waals surface area contributed by atoms with E-state index in [2.05, 4.69) is 0 Å². The van der Waals surface area contributed by atoms with Crippen LogP contribution in [-0.4, -0.2) is 23.9 Å². The fourth-order valence-electron chi connectivity index (χ4n) is 0. The predicted molar refractivity (Wildman–Crippen MR) is 21.5 cm³/mol. The second-order valence-corrected chi connectivity index (χ2v) is 1.07. The fourth-order valence-corrected chi connectivity index (χ4v) is 0. The molecular weight excluding hydrogens is 82.0 g/mol. The van der Waals surface area contributed by atoms with Gasteiger partial charge in [0.2, 0.25) is 0 Å². The number of aliphatic hydroxyl groups excluding tert-OH is 1. The van der Waals surface area contributed by atoms with E-state index in [1.165, 1.54) is 0 Å². The predicted octanol–water partition coefficient (Wildman–Crippen LogP) is -1.66. The van der Waals surface area contributed by atoms with Crippen molar-refractivity contribution in [3.05, 3.63) is 0 Å². The maximum Gasteiger partial charge on any atom is 0.184 e. The first-order valence-electron chi connectivity index (χ1n) is 1.75. The average molecular weight is 93.1 g/mol. The van der Waals surface area contributed by atoms with Crippen molar-refractivity contribution in [3.63, 3.8) is 0 Å². The number of quaternary nitrogens is 1. The highest BCUT2D eigenvalue weighted by atomic mass is 16.3. The molecule has 0 radical (unpaired) electrons. The molecule has 4 N–H and O–H groups in total. The van der Waals surface area contributed by atoms with E-state index in [1.807, 2.05) is 7.05 Å². The molecule has 0 heterocycles. The first-order chi connectivity index (χ1) is 2.27. The maximum absolute atomic E-state index is 8.31. The maximum atomic E-state index is 8.31. The molecule has 0 aromatic rings. The summed E-state index contributed by atoms with van der Waals surface area (Å²) >= 11 is 0. The summed E-state index contributed by atoms with van der Waals surface area (Å²) in [6.45, 7) is 1.72. The van der Waals surface area contributed by atoms with Gasteiger partial charge in [-0.25, -0.2) is 0 Å². The zero-order chi connectivity index (χ0) is 4.28. The number of rotatable bonds is 1. The number of nitrogens with two attached hydrogens (primary N) is 1. The monoisotopic (exact) mass is 93.1 g/mol. The van der Waals surface area contributed by atoms with E-state index in [0.717, 1.165) is 0 Å². The smallest absolute Gasteiger partial charge is 0.184 e. The van der Waals surface area contributed by atoms with Crippen LogP contribution in [0.25, 0.3) is 0 Å². The normalized spacial score (nSPS) is 12.5. The van der Waals surface area contributed by atoms with E-state index < -0.39 is 0 Å². The van der Waals surface area contributed by atoms with Gasteiger partial charge < -0.3 is 15.9 Å². The SMILES string of the molecule is C[NH2+]C(C)O.[OH-]. The van der Waals surface area contributed by atoms with Gasteiger partial charge in [-0.15, -0.1) is 0 Å². The number of hydrogen-bond donors (Lipinski definition) is 2. The first-order valence-corrected chi connectivity index (χ1v) is 1.75. The minimum Gasteiger partial charge on any atom is -0.870 e. The molecule has 0 saturated carbocycles. The molecule has 1 unspecified atom stereocenters. The molecule has 0 aliphatic carbocycles. The van der Waals surface area contributed by atoms with Gasteiger partial charge in [-0.2, -0.15) is 0 Å². The van der Waals surface area contributed by atoms with Gasteiger partial charge in [0.25, 0.3) is 0 Å². The average Bonchev–Trinajstić information content (AvgIpc) is 1.38. The van der Waals surface area contributed by atoms with E-state index in [-0.39, 0.29) is 11.7 Å². The molecule has 1 atom stereocenters. The molecule has 0 aromatic carbocycles. The van der Waals surface area contributed by atoms with Gasteiger partial charge in [-0.1, -0.05) is 0 Å². The van der Waals surface area contributed by atoms with Gasteiger partial charge in [0, 0.05) is 6.92 Å². The van der Waals surface area contributed by atoms with Crippen LogP contribution in [0.4, 0.5) is 0 Å². The van der Waals surface area contributed by atoms with Crippen LogP contribution in [0.5, 0.6) is 0 Å². The Bertz CT molecular complexity index is 22.8. The molecular formula is C3H11NO2. The van der Waals surface area contributed by atoms with Crippen LogP contribution in [-0.2, 0) is 0 Å². The summed E-state index contributed by atoms with van der Waals surface area (Å²) in [5.41, 5.74) is 0. The quantitative estimate of drug-likeness (QED) is 0.381. The van der Waals surface area contributed by atoms with Crippen molar-refractivity contribution < 1.29 is 15.9 Å². The first kappa shape index (κ1) is 9.30. The molecule has 6 heavy (non-hydrogen) atoms. The molecule has 0 aromatic heterocycles. The highest BCUT2D eigenvalue weighted by Crippen LogP contribution is 1.47. The summed E-state index contributed by atoms with van der Waals surface area (Å²) in [6.07, 6.45) is -0.241. The molecule has 0 amide bonds. The Balaban J connectivity index is 0. The molecule has 3 heteroatoms. The number of aliphatic hydroxyl groups is 1. The van der Waals surface area contributed by atoms with Crippen LogP contribution in [0.1, 0.15) is 6.92 Å². The third kappa shape index (κ3) is 9.11. The Morgan fingerprint density at radius 1 is 1.67 bits per heavy atom. The van der Waals surface area contributed by atoms with E-state index in [1.54, 1.807) is 12.2 Å². The van der Waals surface area contributed by atoms with Crippen LogP contribution < -0.4 is 5.32 Å². The van der Waals surface area contributed by atoms with Crippen molar-refractivity contribution in [2.75, 3.05) is 7.05 Å². The lowest BCUT2D eigenvalue weighted by Crippen LogP contribution is -2.85. The molecule has 40 valence electrons. The lowest BCUT2D eigenvalue weighted by atomic mass is 10.7. The Morgan fingerprint density at radius 3 is 1.83 bits per heavy atom. The second-order valence-electron chi connectivity index (χ2n) is 1.07. The molecule has 3 nitrogen and oxygen atoms in total.